The van der Waals surface area contributed by atoms with Crippen molar-refractivity contribution in [2.45, 2.75) is 71.3 Å². The highest BCUT2D eigenvalue weighted by molar-refractivity contribution is 5.94. The summed E-state index contributed by atoms with van der Waals surface area (Å²) in [5.74, 6) is 1.91. The van der Waals surface area contributed by atoms with Gasteiger partial charge in [0.15, 0.2) is 6.29 Å². The minimum atomic E-state index is -0.938. The number of allylic oxidation sites excluding steroid dienone is 1. The van der Waals surface area contributed by atoms with Gasteiger partial charge < -0.3 is 20.1 Å². The Morgan fingerprint density at radius 2 is 1.98 bits per heavy atom. The standard InChI is InChI=1S/C35H48N2O4/c1-6-10-26-12-7-8-13-30(26)29-21-37(32-19-27(34(36)39)15-17-33(32)41-22-29)20-28-14-16-31(28)35(23-38,40-5)18-9-11-25(4)24(2)3/h7-9,12-13,15,17-19,23-25,28-29,31H,6,10-11,14,16,20-22H2,1-5H3,(H2,36,39)/b18-9+. The van der Waals surface area contributed by atoms with Crippen LogP contribution in [0, 0.1) is 23.7 Å². The second-order valence-corrected chi connectivity index (χ2v) is 12.4. The molecule has 1 heterocycles. The molecule has 2 aliphatic rings. The maximum absolute atomic E-state index is 12.6. The summed E-state index contributed by atoms with van der Waals surface area (Å²) in [5, 5.41) is 0. The Hall–Kier alpha value is -3.12. The van der Waals surface area contributed by atoms with Crippen LogP contribution in [0.5, 0.6) is 5.75 Å². The second kappa shape index (κ2) is 13.7. The second-order valence-electron chi connectivity index (χ2n) is 12.4. The van der Waals surface area contributed by atoms with Crippen LogP contribution in [0.15, 0.2) is 54.6 Å². The van der Waals surface area contributed by atoms with E-state index < -0.39 is 11.5 Å². The molecule has 6 heteroatoms. The van der Waals surface area contributed by atoms with E-state index >= 15 is 0 Å². The first-order valence-corrected chi connectivity index (χ1v) is 15.3. The normalized spacial score (nSPS) is 22.8. The van der Waals surface area contributed by atoms with Gasteiger partial charge in [-0.3, -0.25) is 9.59 Å². The summed E-state index contributed by atoms with van der Waals surface area (Å²) >= 11 is 0. The number of nitrogens with two attached hydrogens (primary N) is 1. The van der Waals surface area contributed by atoms with E-state index in [1.165, 1.54) is 11.1 Å². The van der Waals surface area contributed by atoms with Gasteiger partial charge in [0.1, 0.15) is 11.4 Å². The Kier molecular flexibility index (Phi) is 10.3. The largest absolute Gasteiger partial charge is 0.491 e. The Morgan fingerprint density at radius 3 is 2.61 bits per heavy atom. The molecular formula is C35H48N2O4. The Bertz CT molecular complexity index is 1220. The van der Waals surface area contributed by atoms with Crippen molar-refractivity contribution in [1.82, 2.24) is 0 Å². The third-order valence-corrected chi connectivity index (χ3v) is 9.49. The molecule has 1 aliphatic carbocycles. The lowest BCUT2D eigenvalue weighted by molar-refractivity contribution is -0.135. The molecule has 0 saturated heterocycles. The van der Waals surface area contributed by atoms with E-state index in [0.29, 0.717) is 24.0 Å². The fourth-order valence-corrected chi connectivity index (χ4v) is 6.36. The van der Waals surface area contributed by atoms with Gasteiger partial charge in [-0.2, -0.15) is 0 Å². The Labute approximate surface area is 246 Å². The van der Waals surface area contributed by atoms with Gasteiger partial charge in [-0.05, 0) is 78.8 Å². The van der Waals surface area contributed by atoms with E-state index in [9.17, 15) is 9.59 Å². The first kappa shape index (κ1) is 30.8. The Morgan fingerprint density at radius 1 is 1.20 bits per heavy atom. The van der Waals surface area contributed by atoms with Crippen molar-refractivity contribution in [3.8, 4) is 5.75 Å². The first-order valence-electron chi connectivity index (χ1n) is 15.3. The molecule has 222 valence electrons. The van der Waals surface area contributed by atoms with Crippen LogP contribution in [-0.4, -0.2) is 44.6 Å². The molecule has 2 aromatic carbocycles. The number of hydrogen-bond acceptors (Lipinski definition) is 5. The summed E-state index contributed by atoms with van der Waals surface area (Å²) in [7, 11) is 1.65. The van der Waals surface area contributed by atoms with E-state index in [2.05, 4.69) is 62.9 Å². The number of carbonyl (C=O) groups excluding carboxylic acids is 2. The highest BCUT2D eigenvalue weighted by atomic mass is 16.5. The highest BCUT2D eigenvalue weighted by Gasteiger charge is 2.47. The van der Waals surface area contributed by atoms with E-state index in [4.69, 9.17) is 15.2 Å². The van der Waals surface area contributed by atoms with E-state index in [-0.39, 0.29) is 17.8 Å². The molecule has 0 bridgehead atoms. The predicted octanol–water partition coefficient (Wildman–Crippen LogP) is 6.57. The van der Waals surface area contributed by atoms with Crippen molar-refractivity contribution in [2.24, 2.45) is 29.4 Å². The lowest BCUT2D eigenvalue weighted by Gasteiger charge is -2.47. The molecule has 0 radical (unpaired) electrons. The molecule has 41 heavy (non-hydrogen) atoms. The predicted molar refractivity (Wildman–Crippen MR) is 166 cm³/mol. The SMILES string of the molecule is CCCc1ccccc1C1COc2ccc(C(N)=O)cc2N(CC2CCC2C(C=O)(/C=C/CC(C)C(C)C)OC)C1. The number of ether oxygens (including phenoxy) is 2. The summed E-state index contributed by atoms with van der Waals surface area (Å²) in [4.78, 5) is 27.1. The summed E-state index contributed by atoms with van der Waals surface area (Å²) in [6, 6.07) is 14.1. The molecule has 6 nitrogen and oxygen atoms in total. The first-order chi connectivity index (χ1) is 19.7. The molecular weight excluding hydrogens is 512 g/mol. The van der Waals surface area contributed by atoms with E-state index in [0.717, 1.165) is 62.9 Å². The number of aldehydes is 1. The van der Waals surface area contributed by atoms with Gasteiger partial charge in [-0.25, -0.2) is 0 Å². The minimum Gasteiger partial charge on any atom is -0.491 e. The van der Waals surface area contributed by atoms with Crippen LogP contribution >= 0.6 is 0 Å². The highest BCUT2D eigenvalue weighted by Crippen LogP contribution is 2.46. The summed E-state index contributed by atoms with van der Waals surface area (Å²) in [6.45, 7) is 10.9. The zero-order valence-electron chi connectivity index (χ0n) is 25.5. The molecule has 0 aromatic heterocycles. The molecule has 2 N–H and O–H groups in total. The quantitative estimate of drug-likeness (QED) is 0.221. The van der Waals surface area contributed by atoms with Gasteiger partial charge in [0.25, 0.3) is 0 Å². The maximum Gasteiger partial charge on any atom is 0.248 e. The van der Waals surface area contributed by atoms with Crippen LogP contribution in [0.1, 0.15) is 80.8 Å². The van der Waals surface area contributed by atoms with Gasteiger partial charge in [-0.1, -0.05) is 64.5 Å². The van der Waals surface area contributed by atoms with Gasteiger partial charge in [0.05, 0.1) is 12.3 Å². The number of rotatable bonds is 13. The van der Waals surface area contributed by atoms with Crippen molar-refractivity contribution >= 4 is 17.9 Å². The number of methoxy groups -OCH3 is 1. The van der Waals surface area contributed by atoms with Crippen molar-refractivity contribution in [1.29, 1.82) is 0 Å². The smallest absolute Gasteiger partial charge is 0.248 e. The third kappa shape index (κ3) is 6.86. The topological polar surface area (TPSA) is 81.9 Å². The maximum atomic E-state index is 12.6. The average Bonchev–Trinajstić information content (AvgIpc) is 3.14. The molecule has 4 rings (SSSR count). The lowest BCUT2D eigenvalue weighted by Crippen LogP contribution is -2.52. The fourth-order valence-electron chi connectivity index (χ4n) is 6.36. The van der Waals surface area contributed by atoms with Crippen LogP contribution in [0.25, 0.3) is 0 Å². The van der Waals surface area contributed by atoms with Crippen LogP contribution in [0.2, 0.25) is 0 Å². The number of nitrogens with zero attached hydrogens (tertiary/aromatic N) is 1. The summed E-state index contributed by atoms with van der Waals surface area (Å²) < 4.78 is 12.4. The fraction of sp³-hybridized carbons (Fsp3) is 0.543. The average molecular weight is 561 g/mol. The number of amides is 1. The molecule has 5 unspecified atom stereocenters. The molecule has 1 amide bonds. The number of fused-ring (bicyclic) bond motifs is 1. The lowest BCUT2D eigenvalue weighted by atomic mass is 9.64. The van der Waals surface area contributed by atoms with Crippen molar-refractivity contribution in [3.63, 3.8) is 0 Å². The number of carbonyl (C=O) groups is 2. The van der Waals surface area contributed by atoms with Gasteiger partial charge in [0, 0.05) is 37.6 Å². The van der Waals surface area contributed by atoms with Crippen LogP contribution < -0.4 is 15.4 Å². The van der Waals surface area contributed by atoms with Crippen LogP contribution in [0.4, 0.5) is 5.69 Å². The Balaban J connectivity index is 1.64. The summed E-state index contributed by atoms with van der Waals surface area (Å²) in [5.41, 5.74) is 8.77. The number of anilines is 1. The number of primary amides is 1. The van der Waals surface area contributed by atoms with Crippen LogP contribution in [0.3, 0.4) is 0 Å². The van der Waals surface area contributed by atoms with E-state index in [1.54, 1.807) is 13.2 Å². The molecule has 1 aliphatic heterocycles. The van der Waals surface area contributed by atoms with Crippen molar-refractivity contribution in [3.05, 3.63) is 71.3 Å². The number of hydrogen-bond donors (Lipinski definition) is 1. The molecule has 1 saturated carbocycles. The van der Waals surface area contributed by atoms with Crippen LogP contribution in [-0.2, 0) is 16.0 Å². The van der Waals surface area contributed by atoms with Gasteiger partial charge in [0.2, 0.25) is 5.91 Å². The number of benzene rings is 2. The summed E-state index contributed by atoms with van der Waals surface area (Å²) in [6.07, 6.45) is 10.1. The monoisotopic (exact) mass is 560 g/mol. The zero-order valence-corrected chi connectivity index (χ0v) is 25.5. The molecule has 1 fully saturated rings. The molecule has 5 atom stereocenters. The third-order valence-electron chi connectivity index (χ3n) is 9.49. The van der Waals surface area contributed by atoms with Gasteiger partial charge in [-0.15, -0.1) is 0 Å². The number of aryl methyl sites for hydroxylation is 1. The van der Waals surface area contributed by atoms with Crippen molar-refractivity contribution in [2.75, 3.05) is 31.7 Å². The zero-order chi connectivity index (χ0) is 29.6. The molecule has 0 spiro atoms. The molecule has 2 aromatic rings. The van der Waals surface area contributed by atoms with E-state index in [1.807, 2.05) is 18.2 Å². The van der Waals surface area contributed by atoms with Gasteiger partial charge >= 0.3 is 0 Å². The minimum absolute atomic E-state index is 0.0772. The van der Waals surface area contributed by atoms with Crippen molar-refractivity contribution < 1.29 is 19.1 Å².